The Morgan fingerprint density at radius 1 is 1.17 bits per heavy atom. The van der Waals surface area contributed by atoms with Crippen LogP contribution in [-0.4, -0.2) is 36.1 Å². The van der Waals surface area contributed by atoms with Gasteiger partial charge in [-0.3, -0.25) is 4.79 Å². The molecule has 0 aromatic heterocycles. The topological polar surface area (TPSA) is 49.8 Å². The molecule has 1 amide bonds. The second-order valence-corrected chi connectivity index (χ2v) is 7.78. The second-order valence-electron chi connectivity index (χ2n) is 7.78. The molecule has 2 saturated carbocycles. The number of fused-ring (bicyclic) bond motifs is 1. The quantitative estimate of drug-likeness (QED) is 0.927. The molecular weight excluding hydrogens is 302 g/mol. The smallest absolute Gasteiger partial charge is 0.225 e. The fourth-order valence-electron chi connectivity index (χ4n) is 5.14. The van der Waals surface area contributed by atoms with E-state index in [4.69, 9.17) is 4.74 Å². The van der Waals surface area contributed by atoms with Gasteiger partial charge in [-0.25, -0.2) is 0 Å². The fraction of sp³-hybridized carbons (Fsp3) is 0.650. The number of carbonyl (C=O) groups is 1. The van der Waals surface area contributed by atoms with Crippen molar-refractivity contribution in [3.8, 4) is 5.75 Å². The monoisotopic (exact) mass is 329 g/mol. The van der Waals surface area contributed by atoms with Crippen LogP contribution in [0.4, 0.5) is 0 Å². The van der Waals surface area contributed by atoms with Gasteiger partial charge in [0.15, 0.2) is 0 Å². The Hall–Kier alpha value is -1.55. The van der Waals surface area contributed by atoms with Crippen LogP contribution in [0.2, 0.25) is 0 Å². The molecule has 1 heterocycles. The molecule has 1 N–H and O–H groups in total. The Morgan fingerprint density at radius 3 is 2.54 bits per heavy atom. The number of benzene rings is 1. The minimum atomic E-state index is -0.804. The van der Waals surface area contributed by atoms with Crippen LogP contribution < -0.4 is 4.74 Å². The number of ether oxygens (including phenoxy) is 1. The SMILES string of the molecule is COc1ccc(C2(O)CCC3CN(C(=O)C4CCCC4)CC32)cc1. The summed E-state index contributed by atoms with van der Waals surface area (Å²) >= 11 is 0. The third-order valence-corrected chi connectivity index (χ3v) is 6.56. The molecule has 4 heteroatoms. The molecule has 4 nitrogen and oxygen atoms in total. The van der Waals surface area contributed by atoms with E-state index in [0.717, 1.165) is 43.5 Å². The summed E-state index contributed by atoms with van der Waals surface area (Å²) in [4.78, 5) is 14.8. The number of likely N-dealkylation sites (tertiary alicyclic amines) is 1. The van der Waals surface area contributed by atoms with Crippen molar-refractivity contribution >= 4 is 5.91 Å². The summed E-state index contributed by atoms with van der Waals surface area (Å²) in [6.07, 6.45) is 6.27. The second kappa shape index (κ2) is 6.07. The van der Waals surface area contributed by atoms with Crippen LogP contribution in [0.3, 0.4) is 0 Å². The van der Waals surface area contributed by atoms with E-state index in [2.05, 4.69) is 0 Å². The van der Waals surface area contributed by atoms with Gasteiger partial charge in [-0.2, -0.15) is 0 Å². The van der Waals surface area contributed by atoms with Gasteiger partial charge in [-0.05, 0) is 49.3 Å². The lowest BCUT2D eigenvalue weighted by molar-refractivity contribution is -0.135. The van der Waals surface area contributed by atoms with Gasteiger partial charge >= 0.3 is 0 Å². The largest absolute Gasteiger partial charge is 0.497 e. The molecule has 4 rings (SSSR count). The summed E-state index contributed by atoms with van der Waals surface area (Å²) in [5, 5.41) is 11.4. The first-order valence-electron chi connectivity index (χ1n) is 9.27. The molecule has 130 valence electrons. The number of amides is 1. The van der Waals surface area contributed by atoms with Gasteiger partial charge in [0.1, 0.15) is 5.75 Å². The Labute approximate surface area is 143 Å². The van der Waals surface area contributed by atoms with Crippen molar-refractivity contribution in [2.24, 2.45) is 17.8 Å². The number of aliphatic hydroxyl groups is 1. The molecule has 1 aromatic rings. The molecule has 3 unspecified atom stereocenters. The first-order chi connectivity index (χ1) is 11.6. The van der Waals surface area contributed by atoms with Crippen LogP contribution in [0.5, 0.6) is 5.75 Å². The van der Waals surface area contributed by atoms with Crippen molar-refractivity contribution in [2.75, 3.05) is 20.2 Å². The van der Waals surface area contributed by atoms with Crippen molar-refractivity contribution in [2.45, 2.75) is 44.1 Å². The number of rotatable bonds is 3. The Bertz CT molecular complexity index is 608. The maximum absolute atomic E-state index is 12.7. The number of hydrogen-bond donors (Lipinski definition) is 1. The lowest BCUT2D eigenvalue weighted by Gasteiger charge is -2.31. The van der Waals surface area contributed by atoms with Gasteiger partial charge < -0.3 is 14.7 Å². The van der Waals surface area contributed by atoms with Crippen molar-refractivity contribution in [3.63, 3.8) is 0 Å². The molecule has 2 aliphatic carbocycles. The van der Waals surface area contributed by atoms with E-state index in [1.54, 1.807) is 7.11 Å². The zero-order valence-electron chi connectivity index (χ0n) is 14.4. The Morgan fingerprint density at radius 2 is 1.88 bits per heavy atom. The third-order valence-electron chi connectivity index (χ3n) is 6.56. The molecular formula is C20H27NO3. The van der Waals surface area contributed by atoms with Gasteiger partial charge in [0, 0.05) is 24.9 Å². The van der Waals surface area contributed by atoms with E-state index in [1.165, 1.54) is 12.8 Å². The van der Waals surface area contributed by atoms with Crippen LogP contribution in [0, 0.1) is 17.8 Å². The molecule has 3 atom stereocenters. The van der Waals surface area contributed by atoms with Gasteiger partial charge in [0.2, 0.25) is 5.91 Å². The number of nitrogens with zero attached hydrogens (tertiary/aromatic N) is 1. The van der Waals surface area contributed by atoms with E-state index in [1.807, 2.05) is 29.2 Å². The summed E-state index contributed by atoms with van der Waals surface area (Å²) in [6.45, 7) is 1.54. The normalized spacial score (nSPS) is 33.0. The first kappa shape index (κ1) is 15.9. The number of carbonyl (C=O) groups excluding carboxylic acids is 1. The lowest BCUT2D eigenvalue weighted by Crippen LogP contribution is -2.38. The summed E-state index contributed by atoms with van der Waals surface area (Å²) in [5.74, 6) is 1.97. The van der Waals surface area contributed by atoms with Crippen molar-refractivity contribution in [1.29, 1.82) is 0 Å². The molecule has 24 heavy (non-hydrogen) atoms. The van der Waals surface area contributed by atoms with Crippen LogP contribution in [0.1, 0.15) is 44.1 Å². The highest BCUT2D eigenvalue weighted by Crippen LogP contribution is 2.51. The zero-order chi connectivity index (χ0) is 16.7. The van der Waals surface area contributed by atoms with Crippen molar-refractivity contribution in [3.05, 3.63) is 29.8 Å². The highest BCUT2D eigenvalue weighted by atomic mass is 16.5. The summed E-state index contributed by atoms with van der Waals surface area (Å²) < 4.78 is 5.22. The predicted molar refractivity (Wildman–Crippen MR) is 91.6 cm³/mol. The van der Waals surface area contributed by atoms with Gasteiger partial charge in [-0.15, -0.1) is 0 Å². The minimum absolute atomic E-state index is 0.163. The first-order valence-corrected chi connectivity index (χ1v) is 9.27. The predicted octanol–water partition coefficient (Wildman–Crippen LogP) is 2.94. The molecule has 1 aliphatic heterocycles. The van der Waals surface area contributed by atoms with Gasteiger partial charge in [0.05, 0.1) is 12.7 Å². The van der Waals surface area contributed by atoms with Gasteiger partial charge in [-0.1, -0.05) is 25.0 Å². The van der Waals surface area contributed by atoms with Crippen LogP contribution in [0.25, 0.3) is 0 Å². The standard InChI is InChI=1S/C20H27NO3/c1-24-17-8-6-16(7-9-17)20(23)11-10-15-12-21(13-18(15)20)19(22)14-4-2-3-5-14/h6-9,14-15,18,23H,2-5,10-13H2,1H3. The molecule has 3 aliphatic rings. The van der Waals surface area contributed by atoms with Crippen LogP contribution in [-0.2, 0) is 10.4 Å². The average molecular weight is 329 g/mol. The summed E-state index contributed by atoms with van der Waals surface area (Å²) in [7, 11) is 1.65. The van der Waals surface area contributed by atoms with Gasteiger partial charge in [0.25, 0.3) is 0 Å². The third kappa shape index (κ3) is 2.52. The lowest BCUT2D eigenvalue weighted by atomic mass is 9.82. The molecule has 1 aromatic carbocycles. The van der Waals surface area contributed by atoms with Crippen LogP contribution >= 0.6 is 0 Å². The maximum atomic E-state index is 12.7. The van der Waals surface area contributed by atoms with E-state index >= 15 is 0 Å². The molecule has 0 spiro atoms. The fourth-order valence-corrected chi connectivity index (χ4v) is 5.14. The molecule has 1 saturated heterocycles. The molecule has 0 bridgehead atoms. The van der Waals surface area contributed by atoms with E-state index in [9.17, 15) is 9.90 Å². The number of methoxy groups -OCH3 is 1. The number of hydrogen-bond acceptors (Lipinski definition) is 3. The zero-order valence-corrected chi connectivity index (χ0v) is 14.4. The van der Waals surface area contributed by atoms with Crippen molar-refractivity contribution in [1.82, 2.24) is 4.90 Å². The van der Waals surface area contributed by atoms with E-state index in [0.29, 0.717) is 18.4 Å². The highest BCUT2D eigenvalue weighted by Gasteiger charge is 2.53. The maximum Gasteiger partial charge on any atom is 0.225 e. The Kier molecular flexibility index (Phi) is 4.03. The van der Waals surface area contributed by atoms with Crippen molar-refractivity contribution < 1.29 is 14.6 Å². The van der Waals surface area contributed by atoms with Crippen LogP contribution in [0.15, 0.2) is 24.3 Å². The molecule has 3 fully saturated rings. The van der Waals surface area contributed by atoms with E-state index in [-0.39, 0.29) is 11.8 Å². The molecule has 0 radical (unpaired) electrons. The minimum Gasteiger partial charge on any atom is -0.497 e. The summed E-state index contributed by atoms with van der Waals surface area (Å²) in [5.41, 5.74) is 0.160. The van der Waals surface area contributed by atoms with E-state index < -0.39 is 5.60 Å². The highest BCUT2D eigenvalue weighted by molar-refractivity contribution is 5.79. The Balaban J connectivity index is 1.51. The average Bonchev–Trinajstić information content (AvgIpc) is 3.33. The summed E-state index contributed by atoms with van der Waals surface area (Å²) in [6, 6.07) is 7.78.